The molecule has 0 heterocycles. The van der Waals surface area contributed by atoms with Gasteiger partial charge in [-0.3, -0.25) is 9.59 Å². The average Bonchev–Trinajstić information content (AvgIpc) is 1.63. The van der Waals surface area contributed by atoms with Gasteiger partial charge in [0.05, 0.1) is 0 Å². The van der Waals surface area contributed by atoms with Crippen LogP contribution in [0.1, 0.15) is 15.3 Å². The van der Waals surface area contributed by atoms with Crippen molar-refractivity contribution in [3.63, 3.8) is 0 Å². The standard InChI is InChI=1S/C4H6BO4.Na.H/c1-3(6)8-5-9-4(2)7;;/h1-2H3;;/q;+1;-1. The maximum Gasteiger partial charge on any atom is 1.00 e. The summed E-state index contributed by atoms with van der Waals surface area (Å²) in [6.07, 6.45) is 0. The second-order valence-electron chi connectivity index (χ2n) is 1.32. The van der Waals surface area contributed by atoms with Crippen LogP contribution in [0.4, 0.5) is 0 Å². The number of carbonyl (C=O) groups is 2. The second-order valence-corrected chi connectivity index (χ2v) is 1.32. The normalized spacial score (nSPS) is 7.00. The summed E-state index contributed by atoms with van der Waals surface area (Å²) in [5, 5.41) is 0. The van der Waals surface area contributed by atoms with E-state index in [0.29, 0.717) is 7.69 Å². The minimum absolute atomic E-state index is 0. The van der Waals surface area contributed by atoms with Gasteiger partial charge in [-0.15, -0.1) is 0 Å². The summed E-state index contributed by atoms with van der Waals surface area (Å²) in [7, 11) is 0.699. The Morgan fingerprint density at radius 2 is 1.50 bits per heavy atom. The number of carbonyl (C=O) groups excluding carboxylic acids is 2. The SMILES string of the molecule is CC(=O)O[B]OC(C)=O.[H-].[Na+]. The monoisotopic (exact) mass is 153 g/mol. The molecule has 0 N–H and O–H groups in total. The van der Waals surface area contributed by atoms with Crippen molar-refractivity contribution in [2.75, 3.05) is 0 Å². The molecular formula is C4H7BNaO4. The summed E-state index contributed by atoms with van der Waals surface area (Å²) in [5.41, 5.74) is 0. The van der Waals surface area contributed by atoms with Crippen LogP contribution in [0.5, 0.6) is 0 Å². The first-order valence-electron chi connectivity index (χ1n) is 2.29. The van der Waals surface area contributed by atoms with Crippen LogP contribution in [0, 0.1) is 0 Å². The van der Waals surface area contributed by atoms with Gasteiger partial charge >= 0.3 is 37.2 Å². The van der Waals surface area contributed by atoms with E-state index in [1.54, 1.807) is 0 Å². The molecule has 0 aliphatic carbocycles. The van der Waals surface area contributed by atoms with Crippen LogP contribution in [-0.4, -0.2) is 19.6 Å². The first kappa shape index (κ1) is 12.7. The third kappa shape index (κ3) is 10.9. The molecule has 0 saturated carbocycles. The Kier molecular flexibility index (Phi) is 9.01. The van der Waals surface area contributed by atoms with Gasteiger partial charge in [0.25, 0.3) is 11.9 Å². The van der Waals surface area contributed by atoms with Gasteiger partial charge in [-0.2, -0.15) is 0 Å². The smallest absolute Gasteiger partial charge is 1.00 e. The van der Waals surface area contributed by atoms with Crippen LogP contribution >= 0.6 is 0 Å². The Morgan fingerprint density at radius 1 is 1.20 bits per heavy atom. The molecule has 0 rings (SSSR count). The summed E-state index contributed by atoms with van der Waals surface area (Å²) < 4.78 is 8.29. The molecule has 0 aromatic rings. The van der Waals surface area contributed by atoms with Gasteiger partial charge in [-0.1, -0.05) is 0 Å². The fraction of sp³-hybridized carbons (Fsp3) is 0.500. The van der Waals surface area contributed by atoms with Crippen molar-refractivity contribution in [2.45, 2.75) is 13.8 Å². The van der Waals surface area contributed by atoms with Crippen molar-refractivity contribution < 1.29 is 49.9 Å². The van der Waals surface area contributed by atoms with Crippen molar-refractivity contribution in [3.05, 3.63) is 0 Å². The second kappa shape index (κ2) is 7.12. The summed E-state index contributed by atoms with van der Waals surface area (Å²) in [6.45, 7) is 2.42. The van der Waals surface area contributed by atoms with Gasteiger partial charge in [0.2, 0.25) is 0 Å². The van der Waals surface area contributed by atoms with E-state index in [-0.39, 0.29) is 31.0 Å². The molecule has 1 radical (unpaired) electrons. The molecule has 51 valence electrons. The van der Waals surface area contributed by atoms with E-state index < -0.39 is 11.9 Å². The van der Waals surface area contributed by atoms with Crippen LogP contribution in [0.25, 0.3) is 0 Å². The van der Waals surface area contributed by atoms with Gasteiger partial charge < -0.3 is 10.7 Å². The molecule has 0 atom stereocenters. The Hall–Kier alpha value is 0.00494. The van der Waals surface area contributed by atoms with Crippen LogP contribution in [-0.2, 0) is 18.9 Å². The predicted molar refractivity (Wildman–Crippen MR) is 30.4 cm³/mol. The van der Waals surface area contributed by atoms with E-state index in [0.717, 1.165) is 0 Å². The zero-order chi connectivity index (χ0) is 7.28. The van der Waals surface area contributed by atoms with E-state index in [1.807, 2.05) is 0 Å². The molecule has 0 spiro atoms. The molecule has 0 amide bonds. The fourth-order valence-electron chi connectivity index (χ4n) is 0.160. The third-order valence-corrected chi connectivity index (χ3v) is 0.428. The zero-order valence-corrected chi connectivity index (χ0v) is 8.21. The molecule has 0 fully saturated rings. The van der Waals surface area contributed by atoms with E-state index in [2.05, 4.69) is 9.31 Å². The zero-order valence-electron chi connectivity index (χ0n) is 7.21. The molecule has 6 heteroatoms. The molecule has 4 nitrogen and oxygen atoms in total. The maximum atomic E-state index is 9.98. The Bertz CT molecular complexity index is 117. The molecule has 0 aromatic carbocycles. The first-order chi connectivity index (χ1) is 4.13. The van der Waals surface area contributed by atoms with Crippen molar-refractivity contribution in [3.8, 4) is 0 Å². The van der Waals surface area contributed by atoms with Crippen molar-refractivity contribution in [2.24, 2.45) is 0 Å². The van der Waals surface area contributed by atoms with E-state index in [9.17, 15) is 9.59 Å². The summed E-state index contributed by atoms with van der Waals surface area (Å²) in [4.78, 5) is 20.0. The minimum Gasteiger partial charge on any atom is -1.00 e. The van der Waals surface area contributed by atoms with Crippen LogP contribution in [0.2, 0.25) is 0 Å². The number of hydrogen-bond acceptors (Lipinski definition) is 4. The van der Waals surface area contributed by atoms with Gasteiger partial charge in [0.15, 0.2) is 0 Å². The topological polar surface area (TPSA) is 52.6 Å². The molecule has 0 bridgehead atoms. The molecule has 0 aromatic heterocycles. The van der Waals surface area contributed by atoms with E-state index in [4.69, 9.17) is 0 Å². The Morgan fingerprint density at radius 3 is 1.70 bits per heavy atom. The van der Waals surface area contributed by atoms with E-state index in [1.165, 1.54) is 13.8 Å². The van der Waals surface area contributed by atoms with Gasteiger partial charge in [0, 0.05) is 13.8 Å². The summed E-state index contributed by atoms with van der Waals surface area (Å²) in [5.74, 6) is -1.03. The Balaban J connectivity index is -0.000000320. The van der Waals surface area contributed by atoms with Crippen molar-refractivity contribution >= 4 is 19.6 Å². The van der Waals surface area contributed by atoms with Gasteiger partial charge in [0.1, 0.15) is 0 Å². The molecule has 0 aliphatic heterocycles. The maximum absolute atomic E-state index is 9.98. The minimum atomic E-state index is -0.517. The fourth-order valence-corrected chi connectivity index (χ4v) is 0.160. The van der Waals surface area contributed by atoms with Crippen molar-refractivity contribution in [1.29, 1.82) is 0 Å². The molecule has 10 heavy (non-hydrogen) atoms. The quantitative estimate of drug-likeness (QED) is 0.391. The molecular weight excluding hydrogens is 146 g/mol. The third-order valence-electron chi connectivity index (χ3n) is 0.428. The van der Waals surface area contributed by atoms with Crippen LogP contribution in [0.3, 0.4) is 0 Å². The van der Waals surface area contributed by atoms with Gasteiger partial charge in [-0.25, -0.2) is 0 Å². The number of rotatable bonds is 2. The molecule has 0 aliphatic rings. The van der Waals surface area contributed by atoms with Crippen molar-refractivity contribution in [1.82, 2.24) is 0 Å². The largest absolute Gasteiger partial charge is 1.00 e. The summed E-state index contributed by atoms with van der Waals surface area (Å²) in [6, 6.07) is 0. The molecule has 0 unspecified atom stereocenters. The first-order valence-corrected chi connectivity index (χ1v) is 2.29. The predicted octanol–water partition coefficient (Wildman–Crippen LogP) is -3.24. The average molecular weight is 153 g/mol. The van der Waals surface area contributed by atoms with Crippen LogP contribution in [0.15, 0.2) is 0 Å². The summed E-state index contributed by atoms with van der Waals surface area (Å²) >= 11 is 0. The Labute approximate surface area is 83.3 Å². The van der Waals surface area contributed by atoms with Crippen LogP contribution < -0.4 is 29.6 Å². The number of hydrogen-bond donors (Lipinski definition) is 0. The molecule has 0 saturated heterocycles. The van der Waals surface area contributed by atoms with Gasteiger partial charge in [-0.05, 0) is 0 Å². The van der Waals surface area contributed by atoms with E-state index >= 15 is 0 Å².